The Morgan fingerprint density at radius 3 is 3.09 bits per heavy atom. The van der Waals surface area contributed by atoms with Crippen LogP contribution in [0.15, 0.2) is 29.8 Å². The Bertz CT molecular complexity index is 653. The summed E-state index contributed by atoms with van der Waals surface area (Å²) >= 11 is 8.00. The number of nitrogens with zero attached hydrogens (tertiary/aromatic N) is 2. The molecular weight excluding hydrogens is 314 g/mol. The maximum atomic E-state index is 6.18. The number of nitrogens with one attached hydrogen (secondary N) is 1. The molecule has 1 aromatic carbocycles. The van der Waals surface area contributed by atoms with Crippen LogP contribution in [0.25, 0.3) is 0 Å². The van der Waals surface area contributed by atoms with Gasteiger partial charge in [0.05, 0.1) is 11.2 Å². The predicted octanol–water partition coefficient (Wildman–Crippen LogP) is 3.82. The molecule has 2 aliphatic rings. The molecule has 4 rings (SSSR count). The number of halogens is 1. The lowest BCUT2D eigenvalue weighted by Gasteiger charge is -2.36. The van der Waals surface area contributed by atoms with Gasteiger partial charge in [-0.15, -0.1) is 11.3 Å². The van der Waals surface area contributed by atoms with Crippen LogP contribution in [0.4, 0.5) is 0 Å². The number of hydrogen-bond acceptors (Lipinski definition) is 4. The van der Waals surface area contributed by atoms with Crippen molar-refractivity contribution in [3.63, 3.8) is 0 Å². The number of thiazole rings is 1. The highest BCUT2D eigenvalue weighted by Gasteiger charge is 2.30. The van der Waals surface area contributed by atoms with E-state index in [2.05, 4.69) is 27.3 Å². The number of piperazine rings is 1. The van der Waals surface area contributed by atoms with Gasteiger partial charge in [-0.1, -0.05) is 23.7 Å². The smallest absolute Gasteiger partial charge is 0.0798 e. The molecule has 22 heavy (non-hydrogen) atoms. The Morgan fingerprint density at radius 2 is 2.27 bits per heavy atom. The summed E-state index contributed by atoms with van der Waals surface area (Å²) in [6.07, 6.45) is 2.63. The molecule has 0 spiro atoms. The van der Waals surface area contributed by atoms with Crippen molar-refractivity contribution in [2.75, 3.05) is 19.6 Å². The third-order valence-corrected chi connectivity index (χ3v) is 5.64. The summed E-state index contributed by atoms with van der Waals surface area (Å²) in [6.45, 7) is 4.11. The van der Waals surface area contributed by atoms with E-state index in [0.717, 1.165) is 37.1 Å². The van der Waals surface area contributed by atoms with Gasteiger partial charge in [0.25, 0.3) is 0 Å². The molecule has 116 valence electrons. The van der Waals surface area contributed by atoms with Gasteiger partial charge >= 0.3 is 0 Å². The Labute approximate surface area is 140 Å². The average molecular weight is 334 g/mol. The van der Waals surface area contributed by atoms with Crippen molar-refractivity contribution in [2.45, 2.75) is 31.3 Å². The van der Waals surface area contributed by atoms with Gasteiger partial charge in [-0.25, -0.2) is 4.98 Å². The van der Waals surface area contributed by atoms with Gasteiger partial charge in [-0.05, 0) is 30.5 Å². The van der Waals surface area contributed by atoms with E-state index in [4.69, 9.17) is 11.6 Å². The van der Waals surface area contributed by atoms with Crippen LogP contribution in [0.2, 0.25) is 5.02 Å². The fourth-order valence-corrected chi connectivity index (χ4v) is 4.32. The summed E-state index contributed by atoms with van der Waals surface area (Å²) in [5.41, 5.74) is 4.67. The molecule has 2 aromatic rings. The largest absolute Gasteiger partial charge is 0.314 e. The molecule has 3 nitrogen and oxygen atoms in total. The van der Waals surface area contributed by atoms with Gasteiger partial charge in [0.1, 0.15) is 0 Å². The molecule has 1 N–H and O–H groups in total. The molecule has 1 aromatic heterocycles. The lowest BCUT2D eigenvalue weighted by molar-refractivity contribution is 0.154. The number of hydrogen-bond donors (Lipinski definition) is 1. The fraction of sp³-hybridized carbons (Fsp3) is 0.471. The van der Waals surface area contributed by atoms with Gasteiger partial charge in [-0.3, -0.25) is 4.90 Å². The van der Waals surface area contributed by atoms with Crippen molar-refractivity contribution in [1.82, 2.24) is 15.2 Å². The van der Waals surface area contributed by atoms with E-state index in [0.29, 0.717) is 6.04 Å². The van der Waals surface area contributed by atoms with Crippen molar-refractivity contribution < 1.29 is 0 Å². The third kappa shape index (κ3) is 3.06. The first-order valence-corrected chi connectivity index (χ1v) is 9.19. The minimum Gasteiger partial charge on any atom is -0.314 e. The third-order valence-electron chi connectivity index (χ3n) is 4.57. The highest BCUT2D eigenvalue weighted by atomic mass is 35.5. The van der Waals surface area contributed by atoms with Gasteiger partial charge in [0.15, 0.2) is 0 Å². The highest BCUT2D eigenvalue weighted by molar-refractivity contribution is 7.09. The Morgan fingerprint density at radius 1 is 1.36 bits per heavy atom. The zero-order valence-corrected chi connectivity index (χ0v) is 14.0. The number of benzene rings is 1. The van der Waals surface area contributed by atoms with Crippen molar-refractivity contribution in [3.8, 4) is 0 Å². The lowest BCUT2D eigenvalue weighted by Crippen LogP contribution is -2.45. The first-order chi connectivity index (χ1) is 10.8. The molecule has 0 amide bonds. The number of aromatic nitrogens is 1. The second kappa shape index (κ2) is 6.28. The molecular formula is C17H20ClN3S. The van der Waals surface area contributed by atoms with Gasteiger partial charge in [0, 0.05) is 48.0 Å². The molecule has 1 saturated heterocycles. The molecule has 0 bridgehead atoms. The van der Waals surface area contributed by atoms with E-state index < -0.39 is 0 Å². The van der Waals surface area contributed by atoms with Crippen LogP contribution in [-0.4, -0.2) is 29.5 Å². The summed E-state index contributed by atoms with van der Waals surface area (Å²) in [4.78, 5) is 8.64. The van der Waals surface area contributed by atoms with E-state index in [1.54, 1.807) is 0 Å². The maximum Gasteiger partial charge on any atom is 0.0798 e. The molecule has 0 radical (unpaired) electrons. The van der Waals surface area contributed by atoms with Crippen LogP contribution in [0.5, 0.6) is 0 Å². The molecule has 1 unspecified atom stereocenters. The normalized spacial score (nSPS) is 22.9. The lowest BCUT2D eigenvalue weighted by atomic mass is 10.0. The summed E-state index contributed by atoms with van der Waals surface area (Å²) in [5.74, 6) is 0.730. The van der Waals surface area contributed by atoms with E-state index in [1.165, 1.54) is 29.0 Å². The predicted molar refractivity (Wildman–Crippen MR) is 91.6 cm³/mol. The summed E-state index contributed by atoms with van der Waals surface area (Å²) in [6, 6.07) is 8.67. The zero-order chi connectivity index (χ0) is 14.9. The van der Waals surface area contributed by atoms with Crippen molar-refractivity contribution in [3.05, 3.63) is 50.9 Å². The standard InChI is InChI=1S/C17H20ClN3S/c18-14-3-1-2-13(8-14)15-9-19-6-7-21(15)10-16-17(12-4-5-12)20-11-22-16/h1-3,8,11-12,15,19H,4-7,9-10H2. The minimum absolute atomic E-state index is 0.390. The fourth-order valence-electron chi connectivity index (χ4n) is 3.25. The topological polar surface area (TPSA) is 28.2 Å². The summed E-state index contributed by atoms with van der Waals surface area (Å²) in [7, 11) is 0. The first-order valence-electron chi connectivity index (χ1n) is 7.94. The molecule has 2 heterocycles. The van der Waals surface area contributed by atoms with Crippen LogP contribution < -0.4 is 5.32 Å². The molecule has 1 saturated carbocycles. The number of rotatable bonds is 4. The van der Waals surface area contributed by atoms with E-state index >= 15 is 0 Å². The van der Waals surface area contributed by atoms with Crippen LogP contribution in [-0.2, 0) is 6.54 Å². The van der Waals surface area contributed by atoms with E-state index in [1.807, 2.05) is 29.0 Å². The summed E-state index contributed by atoms with van der Waals surface area (Å²) in [5, 5.41) is 4.33. The Hall–Kier alpha value is -0.940. The molecule has 1 aliphatic heterocycles. The quantitative estimate of drug-likeness (QED) is 0.922. The van der Waals surface area contributed by atoms with Gasteiger partial charge in [-0.2, -0.15) is 0 Å². The monoisotopic (exact) mass is 333 g/mol. The molecule has 2 fully saturated rings. The second-order valence-corrected chi connectivity index (χ2v) is 7.56. The Kier molecular flexibility index (Phi) is 4.18. The SMILES string of the molecule is Clc1cccc(C2CNCCN2Cc2scnc2C2CC2)c1. The first kappa shape index (κ1) is 14.6. The molecule has 1 atom stereocenters. The van der Waals surface area contributed by atoms with E-state index in [-0.39, 0.29) is 0 Å². The average Bonchev–Trinajstić information content (AvgIpc) is 3.28. The van der Waals surface area contributed by atoms with Crippen LogP contribution in [0, 0.1) is 0 Å². The van der Waals surface area contributed by atoms with Gasteiger partial charge in [0.2, 0.25) is 0 Å². The molecule has 1 aliphatic carbocycles. The van der Waals surface area contributed by atoms with Gasteiger partial charge < -0.3 is 5.32 Å². The Balaban J connectivity index is 1.56. The minimum atomic E-state index is 0.390. The van der Waals surface area contributed by atoms with Crippen LogP contribution in [0.3, 0.4) is 0 Å². The summed E-state index contributed by atoms with van der Waals surface area (Å²) < 4.78 is 0. The second-order valence-electron chi connectivity index (χ2n) is 6.18. The van der Waals surface area contributed by atoms with Crippen LogP contribution >= 0.6 is 22.9 Å². The van der Waals surface area contributed by atoms with Crippen LogP contribution in [0.1, 0.15) is 40.9 Å². The van der Waals surface area contributed by atoms with Crippen molar-refractivity contribution in [2.24, 2.45) is 0 Å². The maximum absolute atomic E-state index is 6.18. The highest BCUT2D eigenvalue weighted by Crippen LogP contribution is 2.42. The van der Waals surface area contributed by atoms with Crippen molar-refractivity contribution in [1.29, 1.82) is 0 Å². The molecule has 5 heteroatoms. The van der Waals surface area contributed by atoms with E-state index in [9.17, 15) is 0 Å². The zero-order valence-electron chi connectivity index (χ0n) is 12.5. The van der Waals surface area contributed by atoms with Crippen molar-refractivity contribution >= 4 is 22.9 Å².